The number of imide groups is 1. The number of esters is 1. The molecule has 8 heteroatoms. The van der Waals surface area contributed by atoms with Crippen molar-refractivity contribution in [2.75, 3.05) is 13.7 Å². The molecule has 1 aliphatic rings. The number of thioether (sulfide) groups is 1. The van der Waals surface area contributed by atoms with Gasteiger partial charge < -0.3 is 14.2 Å². The molecule has 7 nitrogen and oxygen atoms in total. The zero-order valence-electron chi connectivity index (χ0n) is 17.5. The number of ether oxygens (including phenoxy) is 3. The van der Waals surface area contributed by atoms with Crippen molar-refractivity contribution in [2.45, 2.75) is 26.5 Å². The second-order valence-corrected chi connectivity index (χ2v) is 7.66. The highest BCUT2D eigenvalue weighted by Crippen LogP contribution is 2.35. The average Bonchev–Trinajstić information content (AvgIpc) is 3.05. The maximum atomic E-state index is 12.7. The fourth-order valence-corrected chi connectivity index (χ4v) is 3.87. The highest BCUT2D eigenvalue weighted by Gasteiger charge is 2.41. The molecule has 0 radical (unpaired) electrons. The third-order valence-corrected chi connectivity index (χ3v) is 5.44. The van der Waals surface area contributed by atoms with E-state index in [4.69, 9.17) is 14.2 Å². The van der Waals surface area contributed by atoms with Gasteiger partial charge >= 0.3 is 5.97 Å². The van der Waals surface area contributed by atoms with Gasteiger partial charge in [0.05, 0.1) is 18.6 Å². The summed E-state index contributed by atoms with van der Waals surface area (Å²) >= 11 is 0.784. The molecule has 0 unspecified atom stereocenters. The van der Waals surface area contributed by atoms with E-state index in [1.165, 1.54) is 14.0 Å². The summed E-state index contributed by atoms with van der Waals surface area (Å²) in [5.74, 6) is -0.0806. The van der Waals surface area contributed by atoms with Crippen LogP contribution in [0.4, 0.5) is 4.79 Å². The molecule has 1 heterocycles. The van der Waals surface area contributed by atoms with Gasteiger partial charge in [-0.05, 0) is 54.9 Å². The number of rotatable bonds is 8. The van der Waals surface area contributed by atoms with Gasteiger partial charge in [0.25, 0.3) is 11.1 Å². The summed E-state index contributed by atoms with van der Waals surface area (Å²) in [5.41, 5.74) is 1.69. The molecule has 1 fully saturated rings. The third-order valence-electron chi connectivity index (χ3n) is 4.56. The predicted molar refractivity (Wildman–Crippen MR) is 118 cm³/mol. The van der Waals surface area contributed by atoms with Crippen molar-refractivity contribution in [3.8, 4) is 11.5 Å². The number of carbonyl (C=O) groups excluding carboxylic acids is 3. The summed E-state index contributed by atoms with van der Waals surface area (Å²) in [4.78, 5) is 38.1. The summed E-state index contributed by atoms with van der Waals surface area (Å²) < 4.78 is 16.2. The van der Waals surface area contributed by atoms with Crippen LogP contribution in [-0.2, 0) is 20.9 Å². The predicted octanol–water partition coefficient (Wildman–Crippen LogP) is 4.26. The van der Waals surface area contributed by atoms with Gasteiger partial charge in [0.15, 0.2) is 11.5 Å². The van der Waals surface area contributed by atoms with E-state index in [0.717, 1.165) is 22.2 Å². The Morgan fingerprint density at radius 2 is 1.87 bits per heavy atom. The van der Waals surface area contributed by atoms with Crippen LogP contribution in [0.15, 0.2) is 53.4 Å². The molecule has 1 atom stereocenters. The first-order valence-electron chi connectivity index (χ1n) is 9.73. The highest BCUT2D eigenvalue weighted by molar-refractivity contribution is 8.18. The molecule has 2 aromatic carbocycles. The zero-order valence-corrected chi connectivity index (χ0v) is 18.3. The molecule has 1 saturated heterocycles. The van der Waals surface area contributed by atoms with E-state index in [9.17, 15) is 14.4 Å². The van der Waals surface area contributed by atoms with Crippen LogP contribution in [0.5, 0.6) is 11.5 Å². The van der Waals surface area contributed by atoms with E-state index in [1.807, 2.05) is 30.3 Å². The standard InChI is InChI=1S/C23H23NO6S/c1-4-29-22(26)15(2)24-21(25)20(31-23(24)27)13-17-10-11-18(19(12-17)28-3)30-14-16-8-6-5-7-9-16/h5-13,15H,4,14H2,1-3H3/b20-13+/t15-/m0/s1. The van der Waals surface area contributed by atoms with Gasteiger partial charge in [-0.25, -0.2) is 4.79 Å². The van der Waals surface area contributed by atoms with E-state index < -0.39 is 23.2 Å². The molecule has 162 valence electrons. The summed E-state index contributed by atoms with van der Waals surface area (Å²) in [6.45, 7) is 3.70. The van der Waals surface area contributed by atoms with E-state index in [1.54, 1.807) is 31.2 Å². The Bertz CT molecular complexity index is 1000. The van der Waals surface area contributed by atoms with Crippen LogP contribution in [0.1, 0.15) is 25.0 Å². The molecular weight excluding hydrogens is 418 g/mol. The Morgan fingerprint density at radius 3 is 2.55 bits per heavy atom. The van der Waals surface area contributed by atoms with Crippen molar-refractivity contribution in [1.29, 1.82) is 0 Å². The van der Waals surface area contributed by atoms with Crippen molar-refractivity contribution < 1.29 is 28.6 Å². The largest absolute Gasteiger partial charge is 0.493 e. The number of benzene rings is 2. The minimum absolute atomic E-state index is 0.174. The number of carbonyl (C=O) groups is 3. The molecule has 0 N–H and O–H groups in total. The van der Waals surface area contributed by atoms with Crippen molar-refractivity contribution in [3.63, 3.8) is 0 Å². The van der Waals surface area contributed by atoms with Crippen LogP contribution in [0, 0.1) is 0 Å². The van der Waals surface area contributed by atoms with Crippen LogP contribution in [0.2, 0.25) is 0 Å². The van der Waals surface area contributed by atoms with Crippen LogP contribution in [0.25, 0.3) is 6.08 Å². The number of hydrogen-bond donors (Lipinski definition) is 0. The second kappa shape index (κ2) is 10.2. The molecular formula is C23H23NO6S. The van der Waals surface area contributed by atoms with Gasteiger partial charge in [0, 0.05) is 0 Å². The fraction of sp³-hybridized carbons (Fsp3) is 0.261. The average molecular weight is 442 g/mol. The summed E-state index contributed by atoms with van der Waals surface area (Å²) in [6, 6.07) is 14.0. The lowest BCUT2D eigenvalue weighted by molar-refractivity contribution is -0.150. The molecule has 31 heavy (non-hydrogen) atoms. The smallest absolute Gasteiger partial charge is 0.329 e. The minimum atomic E-state index is -0.985. The SMILES string of the molecule is CCOC(=O)[C@H](C)N1C(=O)S/C(=C/c2ccc(OCc3ccccc3)c(OC)c2)C1=O. The zero-order chi connectivity index (χ0) is 22.4. The highest BCUT2D eigenvalue weighted by atomic mass is 32.2. The molecule has 2 amide bonds. The third kappa shape index (κ3) is 5.27. The van der Waals surface area contributed by atoms with E-state index in [2.05, 4.69) is 0 Å². The number of methoxy groups -OCH3 is 1. The van der Waals surface area contributed by atoms with Crippen LogP contribution in [0.3, 0.4) is 0 Å². The topological polar surface area (TPSA) is 82.1 Å². The Morgan fingerprint density at radius 1 is 1.13 bits per heavy atom. The maximum absolute atomic E-state index is 12.7. The van der Waals surface area contributed by atoms with Crippen molar-refractivity contribution in [2.24, 2.45) is 0 Å². The summed E-state index contributed by atoms with van der Waals surface area (Å²) in [5, 5.41) is -0.508. The lowest BCUT2D eigenvalue weighted by Crippen LogP contribution is -2.42. The van der Waals surface area contributed by atoms with Gasteiger partial charge in [0.1, 0.15) is 12.6 Å². The van der Waals surface area contributed by atoms with Crippen LogP contribution < -0.4 is 9.47 Å². The van der Waals surface area contributed by atoms with E-state index in [0.29, 0.717) is 23.7 Å². The monoisotopic (exact) mass is 441 g/mol. The van der Waals surface area contributed by atoms with Gasteiger partial charge in [-0.3, -0.25) is 14.5 Å². The Labute approximate surface area is 185 Å². The molecule has 2 aromatic rings. The molecule has 0 aromatic heterocycles. The lowest BCUT2D eigenvalue weighted by atomic mass is 10.1. The van der Waals surface area contributed by atoms with Gasteiger partial charge in [-0.15, -0.1) is 0 Å². The molecule has 0 aliphatic carbocycles. The number of nitrogens with zero attached hydrogens (tertiary/aromatic N) is 1. The number of hydrogen-bond acceptors (Lipinski definition) is 7. The lowest BCUT2D eigenvalue weighted by Gasteiger charge is -2.19. The molecule has 1 aliphatic heterocycles. The quantitative estimate of drug-likeness (QED) is 0.447. The minimum Gasteiger partial charge on any atom is -0.493 e. The fourth-order valence-electron chi connectivity index (χ4n) is 2.96. The number of amides is 2. The van der Waals surface area contributed by atoms with Crippen LogP contribution >= 0.6 is 11.8 Å². The Balaban J connectivity index is 1.76. The van der Waals surface area contributed by atoms with Gasteiger partial charge in [0.2, 0.25) is 0 Å². The first-order chi connectivity index (χ1) is 14.9. The van der Waals surface area contributed by atoms with E-state index >= 15 is 0 Å². The second-order valence-electron chi connectivity index (χ2n) is 6.66. The molecule has 0 bridgehead atoms. The van der Waals surface area contributed by atoms with Crippen molar-refractivity contribution >= 4 is 35.0 Å². The summed E-state index contributed by atoms with van der Waals surface area (Å²) in [7, 11) is 1.53. The van der Waals surface area contributed by atoms with E-state index in [-0.39, 0.29) is 11.5 Å². The Hall–Kier alpha value is -3.26. The van der Waals surface area contributed by atoms with Gasteiger partial charge in [-0.1, -0.05) is 36.4 Å². The van der Waals surface area contributed by atoms with Crippen molar-refractivity contribution in [3.05, 3.63) is 64.6 Å². The molecule has 0 saturated carbocycles. The summed E-state index contributed by atoms with van der Waals surface area (Å²) in [6.07, 6.45) is 1.59. The molecule has 3 rings (SSSR count). The maximum Gasteiger partial charge on any atom is 0.329 e. The van der Waals surface area contributed by atoms with Crippen LogP contribution in [-0.4, -0.2) is 41.8 Å². The first-order valence-corrected chi connectivity index (χ1v) is 10.5. The van der Waals surface area contributed by atoms with Gasteiger partial charge in [-0.2, -0.15) is 0 Å². The molecule has 0 spiro atoms. The first kappa shape index (κ1) is 22.4. The van der Waals surface area contributed by atoms with Crippen molar-refractivity contribution in [1.82, 2.24) is 4.90 Å². The normalized spacial score (nSPS) is 15.8. The Kier molecular flexibility index (Phi) is 7.36.